The lowest BCUT2D eigenvalue weighted by Crippen LogP contribution is -2.37. The van der Waals surface area contributed by atoms with Crippen LogP contribution in [0.2, 0.25) is 0 Å². The molecule has 0 heterocycles. The van der Waals surface area contributed by atoms with Gasteiger partial charge in [-0.1, -0.05) is 0 Å². The fraction of sp³-hybridized carbons (Fsp3) is 0.625. The molecule has 1 rings (SSSR count). The summed E-state index contributed by atoms with van der Waals surface area (Å²) in [6.07, 6.45) is 0. The zero-order chi connectivity index (χ0) is 15.9. The second-order valence-corrected chi connectivity index (χ2v) is 5.32. The van der Waals surface area contributed by atoms with Gasteiger partial charge in [-0.2, -0.15) is 0 Å². The molecule has 0 bridgehead atoms. The van der Waals surface area contributed by atoms with Crippen LogP contribution in [0.1, 0.15) is 26.3 Å². The number of benzene rings is 1. The summed E-state index contributed by atoms with van der Waals surface area (Å²) in [6, 6.07) is 3.77. The van der Waals surface area contributed by atoms with Gasteiger partial charge in [0.1, 0.15) is 5.75 Å². The minimum absolute atomic E-state index is 0.196. The van der Waals surface area contributed by atoms with Gasteiger partial charge < -0.3 is 24.3 Å². The molecule has 21 heavy (non-hydrogen) atoms. The topological polar surface area (TPSA) is 49.0 Å². The molecule has 0 aliphatic carbocycles. The summed E-state index contributed by atoms with van der Waals surface area (Å²) in [5.74, 6) is 2.13. The minimum Gasteiger partial charge on any atom is -0.496 e. The van der Waals surface area contributed by atoms with Gasteiger partial charge >= 0.3 is 0 Å². The van der Waals surface area contributed by atoms with Crippen molar-refractivity contribution in [1.82, 2.24) is 5.32 Å². The Hall–Kier alpha value is -1.46. The van der Waals surface area contributed by atoms with Crippen LogP contribution in [0.15, 0.2) is 12.1 Å². The summed E-state index contributed by atoms with van der Waals surface area (Å²) >= 11 is 0. The molecule has 5 nitrogen and oxygen atoms in total. The van der Waals surface area contributed by atoms with Gasteiger partial charge in [0.15, 0.2) is 11.5 Å². The SMILES string of the molecule is CCOC(C)(C)CNCc1cc(OC)c(OC)cc1OC. The maximum absolute atomic E-state index is 5.67. The lowest BCUT2D eigenvalue weighted by atomic mass is 10.1. The van der Waals surface area contributed by atoms with Crippen molar-refractivity contribution in [2.75, 3.05) is 34.5 Å². The summed E-state index contributed by atoms with van der Waals surface area (Å²) in [6.45, 7) is 8.25. The number of hydrogen-bond acceptors (Lipinski definition) is 5. The molecule has 0 aromatic heterocycles. The van der Waals surface area contributed by atoms with Crippen molar-refractivity contribution in [2.45, 2.75) is 32.9 Å². The van der Waals surface area contributed by atoms with Crippen LogP contribution in [0.25, 0.3) is 0 Å². The van der Waals surface area contributed by atoms with E-state index >= 15 is 0 Å². The number of rotatable bonds is 9. The molecule has 5 heteroatoms. The van der Waals surface area contributed by atoms with Crippen molar-refractivity contribution in [3.63, 3.8) is 0 Å². The molecule has 0 fully saturated rings. The molecule has 0 radical (unpaired) electrons. The molecular formula is C16H27NO4. The molecule has 0 atom stereocenters. The van der Waals surface area contributed by atoms with Gasteiger partial charge in [-0.3, -0.25) is 0 Å². The summed E-state index contributed by atoms with van der Waals surface area (Å²) in [5, 5.41) is 3.39. The normalized spacial score (nSPS) is 11.3. The molecule has 0 saturated carbocycles. The summed E-state index contributed by atoms with van der Waals surface area (Å²) < 4.78 is 21.7. The van der Waals surface area contributed by atoms with Crippen LogP contribution in [-0.2, 0) is 11.3 Å². The third-order valence-electron chi connectivity index (χ3n) is 3.19. The van der Waals surface area contributed by atoms with E-state index in [1.165, 1.54) is 0 Å². The molecule has 0 unspecified atom stereocenters. The maximum atomic E-state index is 5.67. The molecule has 1 N–H and O–H groups in total. The highest BCUT2D eigenvalue weighted by Gasteiger charge is 2.18. The van der Waals surface area contributed by atoms with E-state index in [1.807, 2.05) is 19.1 Å². The average molecular weight is 297 g/mol. The first-order valence-electron chi connectivity index (χ1n) is 7.11. The van der Waals surface area contributed by atoms with Gasteiger partial charge in [-0.15, -0.1) is 0 Å². The van der Waals surface area contributed by atoms with Crippen molar-refractivity contribution in [3.8, 4) is 17.2 Å². The van der Waals surface area contributed by atoms with Gasteiger partial charge in [0.25, 0.3) is 0 Å². The minimum atomic E-state index is -0.196. The summed E-state index contributed by atoms with van der Waals surface area (Å²) in [4.78, 5) is 0. The van der Waals surface area contributed by atoms with Crippen molar-refractivity contribution in [1.29, 1.82) is 0 Å². The molecule has 120 valence electrons. The Balaban J connectivity index is 2.78. The molecule has 0 amide bonds. The quantitative estimate of drug-likeness (QED) is 0.759. The monoisotopic (exact) mass is 297 g/mol. The number of nitrogens with one attached hydrogen (secondary N) is 1. The zero-order valence-corrected chi connectivity index (χ0v) is 13.9. The van der Waals surface area contributed by atoms with E-state index in [2.05, 4.69) is 19.2 Å². The lowest BCUT2D eigenvalue weighted by molar-refractivity contribution is -0.00900. The van der Waals surface area contributed by atoms with E-state index in [1.54, 1.807) is 21.3 Å². The maximum Gasteiger partial charge on any atom is 0.164 e. The molecule has 0 spiro atoms. The Morgan fingerprint density at radius 2 is 1.52 bits per heavy atom. The lowest BCUT2D eigenvalue weighted by Gasteiger charge is -2.25. The van der Waals surface area contributed by atoms with Crippen molar-refractivity contribution < 1.29 is 18.9 Å². The first-order valence-corrected chi connectivity index (χ1v) is 7.11. The van der Waals surface area contributed by atoms with Crippen LogP contribution < -0.4 is 19.5 Å². The Labute approximate surface area is 127 Å². The highest BCUT2D eigenvalue weighted by atomic mass is 16.5. The predicted molar refractivity (Wildman–Crippen MR) is 83.5 cm³/mol. The van der Waals surface area contributed by atoms with Crippen LogP contribution in [0.5, 0.6) is 17.2 Å². The smallest absolute Gasteiger partial charge is 0.164 e. The summed E-state index contributed by atoms with van der Waals surface area (Å²) in [5.41, 5.74) is 0.820. The van der Waals surface area contributed by atoms with Crippen molar-refractivity contribution in [3.05, 3.63) is 17.7 Å². The van der Waals surface area contributed by atoms with Gasteiger partial charge in [0.2, 0.25) is 0 Å². The third kappa shape index (κ3) is 5.10. The van der Waals surface area contributed by atoms with Gasteiger partial charge in [-0.05, 0) is 26.8 Å². The predicted octanol–water partition coefficient (Wildman–Crippen LogP) is 2.62. The van der Waals surface area contributed by atoms with E-state index in [4.69, 9.17) is 18.9 Å². The van der Waals surface area contributed by atoms with Gasteiger partial charge in [0, 0.05) is 31.3 Å². The molecule has 1 aromatic rings. The molecule has 0 aliphatic heterocycles. The molecule has 0 aliphatic rings. The Bertz CT molecular complexity index is 446. The largest absolute Gasteiger partial charge is 0.496 e. The Kier molecular flexibility index (Phi) is 6.78. The number of hydrogen-bond donors (Lipinski definition) is 1. The first kappa shape index (κ1) is 17.6. The van der Waals surface area contributed by atoms with Gasteiger partial charge in [0.05, 0.1) is 26.9 Å². The number of methoxy groups -OCH3 is 3. The summed E-state index contributed by atoms with van der Waals surface area (Å²) in [7, 11) is 4.88. The van der Waals surface area contributed by atoms with Crippen molar-refractivity contribution in [2.24, 2.45) is 0 Å². The van der Waals surface area contributed by atoms with E-state index in [0.29, 0.717) is 24.7 Å². The van der Waals surface area contributed by atoms with E-state index in [9.17, 15) is 0 Å². The van der Waals surface area contributed by atoms with Crippen LogP contribution in [-0.4, -0.2) is 40.1 Å². The van der Waals surface area contributed by atoms with Crippen LogP contribution in [0.4, 0.5) is 0 Å². The van der Waals surface area contributed by atoms with Crippen molar-refractivity contribution >= 4 is 0 Å². The van der Waals surface area contributed by atoms with E-state index in [-0.39, 0.29) is 5.60 Å². The van der Waals surface area contributed by atoms with Crippen LogP contribution in [0, 0.1) is 0 Å². The second-order valence-electron chi connectivity index (χ2n) is 5.32. The molecular weight excluding hydrogens is 270 g/mol. The fourth-order valence-corrected chi connectivity index (χ4v) is 2.17. The standard InChI is InChI=1S/C16H27NO4/c1-7-21-16(2,3)11-17-10-12-8-14(19-5)15(20-6)9-13(12)18-4/h8-9,17H,7,10-11H2,1-6H3. The second kappa shape index (κ2) is 8.10. The van der Waals surface area contributed by atoms with E-state index < -0.39 is 0 Å². The average Bonchev–Trinajstić information content (AvgIpc) is 2.46. The molecule has 0 saturated heterocycles. The zero-order valence-electron chi connectivity index (χ0n) is 13.9. The van der Waals surface area contributed by atoms with Crippen LogP contribution >= 0.6 is 0 Å². The van der Waals surface area contributed by atoms with Gasteiger partial charge in [-0.25, -0.2) is 0 Å². The highest BCUT2D eigenvalue weighted by Crippen LogP contribution is 2.34. The highest BCUT2D eigenvalue weighted by molar-refractivity contribution is 5.50. The molecule has 1 aromatic carbocycles. The first-order chi connectivity index (χ1) is 9.97. The Morgan fingerprint density at radius 3 is 2.05 bits per heavy atom. The fourth-order valence-electron chi connectivity index (χ4n) is 2.17. The van der Waals surface area contributed by atoms with E-state index in [0.717, 1.165) is 17.9 Å². The van der Waals surface area contributed by atoms with Crippen LogP contribution in [0.3, 0.4) is 0 Å². The third-order valence-corrected chi connectivity index (χ3v) is 3.19. The number of ether oxygens (including phenoxy) is 4. The Morgan fingerprint density at radius 1 is 0.952 bits per heavy atom.